The van der Waals surface area contributed by atoms with Crippen LogP contribution >= 0.6 is 11.3 Å². The SMILES string of the molecule is CS(=O)(=O)c1nn2cc(-c3nc4ccccc4o3)nc2s1. The number of imidazole rings is 1. The molecule has 1 aromatic carbocycles. The summed E-state index contributed by atoms with van der Waals surface area (Å²) in [6.07, 6.45) is 2.72. The number of hydrogen-bond donors (Lipinski definition) is 0. The zero-order valence-corrected chi connectivity index (χ0v) is 12.3. The van der Waals surface area contributed by atoms with Crippen molar-refractivity contribution in [2.24, 2.45) is 0 Å². The van der Waals surface area contributed by atoms with Crippen LogP contribution in [-0.4, -0.2) is 34.3 Å². The van der Waals surface area contributed by atoms with Crippen LogP contribution in [0.25, 0.3) is 27.6 Å². The second-order valence-corrected chi connectivity index (χ2v) is 7.63. The molecular weight excluding hydrogens is 312 g/mol. The van der Waals surface area contributed by atoms with Crippen LogP contribution in [0, 0.1) is 0 Å². The molecule has 0 bridgehead atoms. The lowest BCUT2D eigenvalue weighted by atomic mass is 10.3. The number of rotatable bonds is 2. The van der Waals surface area contributed by atoms with Crippen LogP contribution in [0.5, 0.6) is 0 Å². The normalized spacial score (nSPS) is 12.4. The van der Waals surface area contributed by atoms with Crippen molar-refractivity contribution in [2.75, 3.05) is 6.26 Å². The van der Waals surface area contributed by atoms with Gasteiger partial charge in [0.1, 0.15) is 11.2 Å². The summed E-state index contributed by atoms with van der Waals surface area (Å²) in [5.74, 6) is 0.384. The Labute approximate surface area is 122 Å². The van der Waals surface area contributed by atoms with Crippen molar-refractivity contribution in [3.05, 3.63) is 30.5 Å². The van der Waals surface area contributed by atoms with Gasteiger partial charge in [-0.2, -0.15) is 0 Å². The van der Waals surface area contributed by atoms with Crippen molar-refractivity contribution in [3.8, 4) is 11.6 Å². The van der Waals surface area contributed by atoms with Gasteiger partial charge >= 0.3 is 0 Å². The van der Waals surface area contributed by atoms with Gasteiger partial charge in [-0.25, -0.2) is 22.9 Å². The summed E-state index contributed by atoms with van der Waals surface area (Å²) >= 11 is 1.01. The van der Waals surface area contributed by atoms with Crippen molar-refractivity contribution in [1.82, 2.24) is 19.6 Å². The lowest BCUT2D eigenvalue weighted by Gasteiger charge is -1.87. The number of benzene rings is 1. The Morgan fingerprint density at radius 2 is 2.05 bits per heavy atom. The monoisotopic (exact) mass is 320 g/mol. The first-order chi connectivity index (χ1) is 10.0. The van der Waals surface area contributed by atoms with E-state index in [-0.39, 0.29) is 4.34 Å². The molecule has 4 rings (SSSR count). The van der Waals surface area contributed by atoms with Crippen LogP contribution < -0.4 is 0 Å². The molecule has 106 valence electrons. The lowest BCUT2D eigenvalue weighted by molar-refractivity contribution is 0.599. The van der Waals surface area contributed by atoms with Crippen LogP contribution in [0.15, 0.2) is 39.2 Å². The number of aromatic nitrogens is 4. The predicted molar refractivity (Wildman–Crippen MR) is 77.0 cm³/mol. The molecule has 0 saturated heterocycles. The fraction of sp³-hybridized carbons (Fsp3) is 0.0833. The number of sulfone groups is 1. The van der Waals surface area contributed by atoms with Gasteiger partial charge in [0.2, 0.25) is 25.0 Å². The Bertz CT molecular complexity index is 1010. The second-order valence-electron chi connectivity index (χ2n) is 4.48. The van der Waals surface area contributed by atoms with Crippen LogP contribution in [0.3, 0.4) is 0 Å². The third kappa shape index (κ3) is 2.01. The van der Waals surface area contributed by atoms with Crippen LogP contribution in [0.1, 0.15) is 0 Å². The summed E-state index contributed by atoms with van der Waals surface area (Å²) in [7, 11) is -3.33. The molecule has 3 heterocycles. The van der Waals surface area contributed by atoms with Gasteiger partial charge in [0.25, 0.3) is 0 Å². The fourth-order valence-corrected chi connectivity index (χ4v) is 3.60. The molecule has 3 aromatic heterocycles. The van der Waals surface area contributed by atoms with Gasteiger partial charge in [-0.05, 0) is 12.1 Å². The maximum Gasteiger partial charge on any atom is 0.247 e. The molecule has 0 aliphatic carbocycles. The zero-order chi connectivity index (χ0) is 14.6. The van der Waals surface area contributed by atoms with E-state index in [0.29, 0.717) is 22.1 Å². The van der Waals surface area contributed by atoms with Gasteiger partial charge in [0.15, 0.2) is 5.58 Å². The molecule has 0 amide bonds. The maximum atomic E-state index is 11.4. The Balaban J connectivity index is 1.85. The maximum absolute atomic E-state index is 11.4. The number of para-hydroxylation sites is 2. The minimum atomic E-state index is -3.33. The third-order valence-corrected chi connectivity index (χ3v) is 5.45. The Hall–Kier alpha value is -2.26. The summed E-state index contributed by atoms with van der Waals surface area (Å²) in [5.41, 5.74) is 1.94. The summed E-state index contributed by atoms with van der Waals surface area (Å²) in [4.78, 5) is 9.14. The van der Waals surface area contributed by atoms with E-state index in [0.717, 1.165) is 23.1 Å². The molecule has 0 N–H and O–H groups in total. The number of fused-ring (bicyclic) bond motifs is 2. The van der Waals surface area contributed by atoms with Crippen molar-refractivity contribution >= 4 is 37.2 Å². The van der Waals surface area contributed by atoms with Crippen molar-refractivity contribution in [2.45, 2.75) is 4.34 Å². The highest BCUT2D eigenvalue weighted by Gasteiger charge is 2.18. The molecule has 0 aliphatic heterocycles. The third-order valence-electron chi connectivity index (χ3n) is 2.85. The van der Waals surface area contributed by atoms with Crippen LogP contribution in [0.2, 0.25) is 0 Å². The molecule has 0 atom stereocenters. The molecule has 0 aliphatic rings. The average Bonchev–Trinajstić information content (AvgIpc) is 3.09. The predicted octanol–water partition coefficient (Wildman–Crippen LogP) is 2.00. The average molecular weight is 320 g/mol. The number of oxazole rings is 1. The smallest absolute Gasteiger partial charge is 0.247 e. The largest absolute Gasteiger partial charge is 0.435 e. The molecule has 0 saturated carbocycles. The Kier molecular flexibility index (Phi) is 2.45. The van der Waals surface area contributed by atoms with E-state index in [1.807, 2.05) is 24.3 Å². The van der Waals surface area contributed by atoms with Crippen molar-refractivity contribution in [1.29, 1.82) is 0 Å². The molecule has 21 heavy (non-hydrogen) atoms. The van der Waals surface area contributed by atoms with E-state index in [2.05, 4.69) is 15.1 Å². The highest BCUT2D eigenvalue weighted by atomic mass is 32.2. The standard InChI is InChI=1S/C12H8N4O3S2/c1-21(17,18)12-15-16-6-8(14-11(16)20-12)10-13-7-4-2-3-5-9(7)19-10/h2-6H,1H3. The molecule has 9 heteroatoms. The van der Waals surface area contributed by atoms with Gasteiger partial charge in [0, 0.05) is 6.26 Å². The van der Waals surface area contributed by atoms with Crippen molar-refractivity contribution in [3.63, 3.8) is 0 Å². The van der Waals surface area contributed by atoms with E-state index in [1.54, 1.807) is 6.20 Å². The van der Waals surface area contributed by atoms with Gasteiger partial charge in [0.05, 0.1) is 6.20 Å². The summed E-state index contributed by atoms with van der Waals surface area (Å²) in [6, 6.07) is 7.41. The quantitative estimate of drug-likeness (QED) is 0.561. The first-order valence-corrected chi connectivity index (χ1v) is 8.64. The molecule has 0 spiro atoms. The highest BCUT2D eigenvalue weighted by Crippen LogP contribution is 2.26. The van der Waals surface area contributed by atoms with E-state index in [1.165, 1.54) is 4.52 Å². The fourth-order valence-electron chi connectivity index (χ4n) is 1.92. The second kappa shape index (κ2) is 4.12. The Morgan fingerprint density at radius 1 is 1.24 bits per heavy atom. The van der Waals surface area contributed by atoms with E-state index < -0.39 is 9.84 Å². The first kappa shape index (κ1) is 12.5. The molecular formula is C12H8N4O3S2. The van der Waals surface area contributed by atoms with Crippen molar-refractivity contribution < 1.29 is 12.8 Å². The topological polar surface area (TPSA) is 90.4 Å². The minimum Gasteiger partial charge on any atom is -0.435 e. The summed E-state index contributed by atoms with van der Waals surface area (Å²) < 4.78 is 30.0. The lowest BCUT2D eigenvalue weighted by Crippen LogP contribution is -1.96. The van der Waals surface area contributed by atoms with Crippen LogP contribution in [-0.2, 0) is 9.84 Å². The Morgan fingerprint density at radius 3 is 2.76 bits per heavy atom. The van der Waals surface area contributed by atoms with E-state index >= 15 is 0 Å². The summed E-state index contributed by atoms with van der Waals surface area (Å²) in [6.45, 7) is 0. The van der Waals surface area contributed by atoms with E-state index in [4.69, 9.17) is 4.42 Å². The van der Waals surface area contributed by atoms with E-state index in [9.17, 15) is 8.42 Å². The number of nitrogens with zero attached hydrogens (tertiary/aromatic N) is 4. The minimum absolute atomic E-state index is 0.0362. The molecule has 0 fully saturated rings. The molecule has 7 nitrogen and oxygen atoms in total. The summed E-state index contributed by atoms with van der Waals surface area (Å²) in [5, 5.41) is 4.00. The highest BCUT2D eigenvalue weighted by molar-refractivity contribution is 7.92. The number of hydrogen-bond acceptors (Lipinski definition) is 7. The zero-order valence-electron chi connectivity index (χ0n) is 10.7. The molecule has 4 aromatic rings. The van der Waals surface area contributed by atoms with Crippen LogP contribution in [0.4, 0.5) is 0 Å². The first-order valence-electron chi connectivity index (χ1n) is 5.93. The molecule has 0 radical (unpaired) electrons. The van der Waals surface area contributed by atoms with Gasteiger partial charge in [-0.15, -0.1) is 5.10 Å². The molecule has 0 unspecified atom stereocenters. The van der Waals surface area contributed by atoms with Gasteiger partial charge < -0.3 is 4.42 Å². The van der Waals surface area contributed by atoms with Gasteiger partial charge in [-0.3, -0.25) is 0 Å². The van der Waals surface area contributed by atoms with Gasteiger partial charge in [-0.1, -0.05) is 23.5 Å².